The van der Waals surface area contributed by atoms with E-state index in [9.17, 15) is 9.59 Å². The summed E-state index contributed by atoms with van der Waals surface area (Å²) in [4.78, 5) is 22.4. The van der Waals surface area contributed by atoms with Crippen molar-refractivity contribution in [2.75, 3.05) is 13.2 Å². The van der Waals surface area contributed by atoms with Crippen molar-refractivity contribution in [2.45, 2.75) is 19.4 Å². The van der Waals surface area contributed by atoms with Gasteiger partial charge in [0.1, 0.15) is 6.29 Å². The highest BCUT2D eigenvalue weighted by atomic mass is 16.6. The van der Waals surface area contributed by atoms with Gasteiger partial charge in [-0.2, -0.15) is 0 Å². The van der Waals surface area contributed by atoms with Gasteiger partial charge in [0.2, 0.25) is 0 Å². The lowest BCUT2D eigenvalue weighted by molar-refractivity contribution is -0.158. The molecule has 1 aliphatic rings. The van der Waals surface area contributed by atoms with Gasteiger partial charge >= 0.3 is 5.97 Å². The summed E-state index contributed by atoms with van der Waals surface area (Å²) in [6.07, 6.45) is 0.863. The van der Waals surface area contributed by atoms with Crippen molar-refractivity contribution in [3.05, 3.63) is 34.9 Å². The summed E-state index contributed by atoms with van der Waals surface area (Å²) >= 11 is 0. The third kappa shape index (κ3) is 2.36. The van der Waals surface area contributed by atoms with Crippen LogP contribution in [0.25, 0.3) is 0 Å². The van der Waals surface area contributed by atoms with Crippen LogP contribution in [0.5, 0.6) is 0 Å². The minimum absolute atomic E-state index is 0.334. The number of rotatable bonds is 3. The second-order valence-electron chi connectivity index (χ2n) is 3.83. The smallest absolute Gasteiger partial charge is 0.339 e. The van der Waals surface area contributed by atoms with E-state index in [1.807, 2.05) is 0 Å². The van der Waals surface area contributed by atoms with Gasteiger partial charge in [-0.05, 0) is 30.5 Å². The molecule has 0 bridgehead atoms. The van der Waals surface area contributed by atoms with Crippen LogP contribution in [-0.4, -0.2) is 25.5 Å². The van der Waals surface area contributed by atoms with Crippen molar-refractivity contribution in [1.82, 2.24) is 0 Å². The highest BCUT2D eigenvalue weighted by Crippen LogP contribution is 2.28. The molecule has 0 spiro atoms. The Labute approximate surface area is 99.5 Å². The van der Waals surface area contributed by atoms with Gasteiger partial charge in [0.15, 0.2) is 6.10 Å². The Bertz CT molecular complexity index is 439. The largest absolute Gasteiger partial charge is 0.464 e. The molecule has 1 atom stereocenters. The Morgan fingerprint density at radius 2 is 2.41 bits per heavy atom. The highest BCUT2D eigenvalue weighted by Gasteiger charge is 2.28. The predicted octanol–water partition coefficient (Wildman–Crippen LogP) is 1.68. The van der Waals surface area contributed by atoms with E-state index in [2.05, 4.69) is 0 Å². The maximum absolute atomic E-state index is 11.7. The van der Waals surface area contributed by atoms with E-state index in [1.165, 1.54) is 0 Å². The SMILES string of the molecule is CCOC(=O)C1OCCc2cc(C=O)ccc21. The monoisotopic (exact) mass is 234 g/mol. The zero-order valence-corrected chi connectivity index (χ0v) is 9.64. The zero-order valence-electron chi connectivity index (χ0n) is 9.64. The molecule has 1 heterocycles. The van der Waals surface area contributed by atoms with E-state index in [0.29, 0.717) is 25.2 Å². The molecule has 4 heteroatoms. The Morgan fingerprint density at radius 3 is 3.12 bits per heavy atom. The molecule has 0 amide bonds. The topological polar surface area (TPSA) is 52.6 Å². The van der Waals surface area contributed by atoms with E-state index >= 15 is 0 Å². The Kier molecular flexibility index (Phi) is 3.54. The lowest BCUT2D eigenvalue weighted by Crippen LogP contribution is -2.25. The summed E-state index contributed by atoms with van der Waals surface area (Å²) in [6, 6.07) is 5.25. The second-order valence-corrected chi connectivity index (χ2v) is 3.83. The average Bonchev–Trinajstić information content (AvgIpc) is 2.37. The fraction of sp³-hybridized carbons (Fsp3) is 0.385. The summed E-state index contributed by atoms with van der Waals surface area (Å²) in [5.74, 6) is -0.368. The summed E-state index contributed by atoms with van der Waals surface area (Å²) in [6.45, 7) is 2.57. The maximum Gasteiger partial charge on any atom is 0.339 e. The average molecular weight is 234 g/mol. The fourth-order valence-corrected chi connectivity index (χ4v) is 1.96. The standard InChI is InChI=1S/C13H14O4/c1-2-16-13(15)12-11-4-3-9(8-14)7-10(11)5-6-17-12/h3-4,7-8,12H,2,5-6H2,1H3. The molecule has 0 saturated carbocycles. The summed E-state index contributed by atoms with van der Waals surface area (Å²) in [7, 11) is 0. The van der Waals surface area contributed by atoms with Gasteiger partial charge in [0, 0.05) is 5.56 Å². The summed E-state index contributed by atoms with van der Waals surface area (Å²) in [5.41, 5.74) is 2.41. The summed E-state index contributed by atoms with van der Waals surface area (Å²) < 4.78 is 10.4. The number of fused-ring (bicyclic) bond motifs is 1. The van der Waals surface area contributed by atoms with Crippen LogP contribution < -0.4 is 0 Å². The first-order valence-corrected chi connectivity index (χ1v) is 5.62. The van der Waals surface area contributed by atoms with Gasteiger partial charge in [-0.15, -0.1) is 0 Å². The quantitative estimate of drug-likeness (QED) is 0.589. The predicted molar refractivity (Wildman–Crippen MR) is 60.9 cm³/mol. The molecule has 0 aromatic heterocycles. The van der Waals surface area contributed by atoms with Gasteiger partial charge in [-0.3, -0.25) is 4.79 Å². The van der Waals surface area contributed by atoms with E-state index in [4.69, 9.17) is 9.47 Å². The molecule has 4 nitrogen and oxygen atoms in total. The first-order chi connectivity index (χ1) is 8.26. The van der Waals surface area contributed by atoms with Crippen molar-refractivity contribution < 1.29 is 19.1 Å². The molecule has 1 aliphatic heterocycles. The first kappa shape index (κ1) is 11.8. The number of hydrogen-bond acceptors (Lipinski definition) is 4. The molecule has 17 heavy (non-hydrogen) atoms. The lowest BCUT2D eigenvalue weighted by atomic mass is 9.95. The third-order valence-corrected chi connectivity index (χ3v) is 2.74. The van der Waals surface area contributed by atoms with E-state index in [1.54, 1.807) is 25.1 Å². The van der Waals surface area contributed by atoms with Crippen LogP contribution >= 0.6 is 0 Å². The van der Waals surface area contributed by atoms with Crippen LogP contribution in [-0.2, 0) is 20.7 Å². The highest BCUT2D eigenvalue weighted by molar-refractivity contribution is 5.79. The number of aldehydes is 1. The van der Waals surface area contributed by atoms with Gasteiger partial charge in [0.05, 0.1) is 13.2 Å². The van der Waals surface area contributed by atoms with E-state index in [-0.39, 0.29) is 5.97 Å². The van der Waals surface area contributed by atoms with Crippen molar-refractivity contribution in [2.24, 2.45) is 0 Å². The minimum atomic E-state index is -0.653. The number of esters is 1. The lowest BCUT2D eigenvalue weighted by Gasteiger charge is -2.24. The third-order valence-electron chi connectivity index (χ3n) is 2.74. The van der Waals surface area contributed by atoms with Crippen molar-refractivity contribution in [3.63, 3.8) is 0 Å². The van der Waals surface area contributed by atoms with Crippen LogP contribution in [0.15, 0.2) is 18.2 Å². The molecule has 1 unspecified atom stereocenters. The number of carbonyl (C=O) groups excluding carboxylic acids is 2. The molecule has 2 rings (SSSR count). The number of benzene rings is 1. The Morgan fingerprint density at radius 1 is 1.59 bits per heavy atom. The molecule has 1 aromatic carbocycles. The summed E-state index contributed by atoms with van der Waals surface area (Å²) in [5, 5.41) is 0. The van der Waals surface area contributed by atoms with Crippen LogP contribution in [0.2, 0.25) is 0 Å². The molecular weight excluding hydrogens is 220 g/mol. The van der Waals surface area contributed by atoms with Crippen LogP contribution in [0.4, 0.5) is 0 Å². The van der Waals surface area contributed by atoms with E-state index in [0.717, 1.165) is 17.4 Å². The van der Waals surface area contributed by atoms with Gasteiger partial charge in [-0.1, -0.05) is 12.1 Å². The van der Waals surface area contributed by atoms with Gasteiger partial charge in [-0.25, -0.2) is 4.79 Å². The van der Waals surface area contributed by atoms with Crippen LogP contribution in [0, 0.1) is 0 Å². The molecule has 1 aromatic rings. The molecule has 90 valence electrons. The van der Waals surface area contributed by atoms with Crippen LogP contribution in [0.1, 0.15) is 34.5 Å². The van der Waals surface area contributed by atoms with Crippen LogP contribution in [0.3, 0.4) is 0 Å². The minimum Gasteiger partial charge on any atom is -0.464 e. The van der Waals surface area contributed by atoms with Crippen molar-refractivity contribution in [3.8, 4) is 0 Å². The molecule has 0 N–H and O–H groups in total. The molecule has 0 radical (unpaired) electrons. The molecular formula is C13H14O4. The van der Waals surface area contributed by atoms with Gasteiger partial charge in [0.25, 0.3) is 0 Å². The molecule has 0 fully saturated rings. The maximum atomic E-state index is 11.7. The number of carbonyl (C=O) groups is 2. The number of ether oxygens (including phenoxy) is 2. The Balaban J connectivity index is 2.31. The van der Waals surface area contributed by atoms with Crippen molar-refractivity contribution >= 4 is 12.3 Å². The number of hydrogen-bond donors (Lipinski definition) is 0. The van der Waals surface area contributed by atoms with E-state index < -0.39 is 6.10 Å². The zero-order chi connectivity index (χ0) is 12.3. The fourth-order valence-electron chi connectivity index (χ4n) is 1.96. The van der Waals surface area contributed by atoms with Crippen molar-refractivity contribution in [1.29, 1.82) is 0 Å². The van der Waals surface area contributed by atoms with Gasteiger partial charge < -0.3 is 9.47 Å². The molecule has 0 saturated heterocycles. The molecule has 0 aliphatic carbocycles. The first-order valence-electron chi connectivity index (χ1n) is 5.62. The second kappa shape index (κ2) is 5.10. The Hall–Kier alpha value is -1.68. The normalized spacial score (nSPS) is 18.3.